The average molecular weight is 152 g/mol. The van der Waals surface area contributed by atoms with Gasteiger partial charge in [0, 0.05) is 0 Å². The van der Waals surface area contributed by atoms with Crippen LogP contribution in [0.5, 0.6) is 0 Å². The van der Waals surface area contributed by atoms with Crippen LogP contribution in [0.1, 0.15) is 40.0 Å². The van der Waals surface area contributed by atoms with E-state index in [1.54, 1.807) is 0 Å². The molecule has 0 aromatic rings. The van der Waals surface area contributed by atoms with Gasteiger partial charge in [-0.1, -0.05) is 45.6 Å². The third kappa shape index (κ3) is 9.48. The van der Waals surface area contributed by atoms with Gasteiger partial charge in [0.15, 0.2) is 0 Å². The van der Waals surface area contributed by atoms with E-state index in [-0.39, 0.29) is 0 Å². The summed E-state index contributed by atoms with van der Waals surface area (Å²) in [4.78, 5) is 0. The van der Waals surface area contributed by atoms with Crippen molar-refractivity contribution < 1.29 is 0 Å². The minimum absolute atomic E-state index is 0.488. The fourth-order valence-corrected chi connectivity index (χ4v) is 0.943. The first-order chi connectivity index (χ1) is 5.06. The lowest BCUT2D eigenvalue weighted by atomic mass is 9.90. The summed E-state index contributed by atoms with van der Waals surface area (Å²) >= 11 is 0. The van der Waals surface area contributed by atoms with E-state index in [1.807, 2.05) is 12.2 Å². The van der Waals surface area contributed by atoms with Gasteiger partial charge in [-0.05, 0) is 24.7 Å². The summed E-state index contributed by atoms with van der Waals surface area (Å²) < 4.78 is 0. The van der Waals surface area contributed by atoms with Gasteiger partial charge in [-0.2, -0.15) is 0 Å². The van der Waals surface area contributed by atoms with Crippen molar-refractivity contribution in [1.82, 2.24) is 0 Å². The molecule has 0 bridgehead atoms. The fraction of sp³-hybridized carbons (Fsp3) is 0.636. The van der Waals surface area contributed by atoms with Crippen LogP contribution in [-0.4, -0.2) is 0 Å². The van der Waals surface area contributed by atoms with Crippen LogP contribution in [0.3, 0.4) is 0 Å². The Morgan fingerprint density at radius 1 is 1.27 bits per heavy atom. The molecule has 0 aromatic heterocycles. The predicted molar refractivity (Wildman–Crippen MR) is 52.6 cm³/mol. The summed E-state index contributed by atoms with van der Waals surface area (Å²) in [7, 11) is 0. The minimum atomic E-state index is 0.488. The molecule has 0 heterocycles. The van der Waals surface area contributed by atoms with E-state index in [0.717, 1.165) is 0 Å². The quantitative estimate of drug-likeness (QED) is 0.423. The first-order valence-electron chi connectivity index (χ1n) is 4.34. The van der Waals surface area contributed by atoms with Gasteiger partial charge in [-0.15, -0.1) is 0 Å². The minimum Gasteiger partial charge on any atom is -0.0991 e. The molecule has 0 spiro atoms. The third-order valence-corrected chi connectivity index (χ3v) is 1.57. The van der Waals surface area contributed by atoms with E-state index >= 15 is 0 Å². The highest BCUT2D eigenvalue weighted by Gasteiger charge is 2.07. The SMILES string of the molecule is C=CC=CCCCC(C)(C)C. The van der Waals surface area contributed by atoms with E-state index < -0.39 is 0 Å². The van der Waals surface area contributed by atoms with Gasteiger partial charge >= 0.3 is 0 Å². The second-order valence-corrected chi connectivity index (χ2v) is 4.12. The molecule has 0 heteroatoms. The molecular formula is C11H20. The Bertz CT molecular complexity index is 123. The van der Waals surface area contributed by atoms with Gasteiger partial charge in [0.2, 0.25) is 0 Å². The number of hydrogen-bond acceptors (Lipinski definition) is 0. The van der Waals surface area contributed by atoms with E-state index in [2.05, 4.69) is 33.4 Å². The molecule has 0 amide bonds. The van der Waals surface area contributed by atoms with E-state index in [1.165, 1.54) is 19.3 Å². The van der Waals surface area contributed by atoms with Crippen molar-refractivity contribution in [3.8, 4) is 0 Å². The van der Waals surface area contributed by atoms with E-state index in [4.69, 9.17) is 0 Å². The maximum atomic E-state index is 3.62. The van der Waals surface area contributed by atoms with Gasteiger partial charge in [-0.25, -0.2) is 0 Å². The zero-order chi connectivity index (χ0) is 8.74. The summed E-state index contributed by atoms with van der Waals surface area (Å²) in [6.07, 6.45) is 9.80. The molecule has 0 fully saturated rings. The Morgan fingerprint density at radius 2 is 1.91 bits per heavy atom. The highest BCUT2D eigenvalue weighted by atomic mass is 14.1. The molecule has 0 nitrogen and oxygen atoms in total. The molecule has 0 N–H and O–H groups in total. The lowest BCUT2D eigenvalue weighted by Gasteiger charge is -2.16. The smallest absolute Gasteiger partial charge is 0.0347 e. The Kier molecular flexibility index (Phi) is 4.93. The van der Waals surface area contributed by atoms with Crippen LogP contribution in [0.4, 0.5) is 0 Å². The van der Waals surface area contributed by atoms with Crippen LogP contribution in [0, 0.1) is 5.41 Å². The van der Waals surface area contributed by atoms with Crippen LogP contribution in [0.2, 0.25) is 0 Å². The average Bonchev–Trinajstić information content (AvgIpc) is 1.85. The second-order valence-electron chi connectivity index (χ2n) is 4.12. The van der Waals surface area contributed by atoms with Crippen molar-refractivity contribution >= 4 is 0 Å². The van der Waals surface area contributed by atoms with Crippen LogP contribution in [0.15, 0.2) is 24.8 Å². The molecular weight excluding hydrogens is 132 g/mol. The van der Waals surface area contributed by atoms with Gasteiger partial charge in [-0.3, -0.25) is 0 Å². The molecule has 0 radical (unpaired) electrons. The third-order valence-electron chi connectivity index (χ3n) is 1.57. The van der Waals surface area contributed by atoms with Gasteiger partial charge in [0.05, 0.1) is 0 Å². The summed E-state index contributed by atoms with van der Waals surface area (Å²) in [6, 6.07) is 0. The first kappa shape index (κ1) is 10.5. The molecule has 64 valence electrons. The molecule has 0 aliphatic heterocycles. The predicted octanol–water partition coefficient (Wildman–Crippen LogP) is 3.95. The Labute approximate surface area is 71.0 Å². The van der Waals surface area contributed by atoms with Crippen LogP contribution in [-0.2, 0) is 0 Å². The number of unbranched alkanes of at least 4 members (excludes halogenated alkanes) is 1. The molecule has 0 rings (SSSR count). The summed E-state index contributed by atoms with van der Waals surface area (Å²) in [5.74, 6) is 0. The molecule has 0 saturated carbocycles. The summed E-state index contributed by atoms with van der Waals surface area (Å²) in [5, 5.41) is 0. The Morgan fingerprint density at radius 3 is 2.36 bits per heavy atom. The maximum absolute atomic E-state index is 3.62. The van der Waals surface area contributed by atoms with E-state index in [9.17, 15) is 0 Å². The van der Waals surface area contributed by atoms with Crippen molar-refractivity contribution in [2.75, 3.05) is 0 Å². The van der Waals surface area contributed by atoms with Crippen molar-refractivity contribution in [3.63, 3.8) is 0 Å². The van der Waals surface area contributed by atoms with Gasteiger partial charge in [0.25, 0.3) is 0 Å². The van der Waals surface area contributed by atoms with Crippen molar-refractivity contribution in [1.29, 1.82) is 0 Å². The monoisotopic (exact) mass is 152 g/mol. The van der Waals surface area contributed by atoms with Crippen molar-refractivity contribution in [3.05, 3.63) is 24.8 Å². The Hall–Kier alpha value is -0.520. The summed E-state index contributed by atoms with van der Waals surface area (Å²) in [6.45, 7) is 10.5. The highest BCUT2D eigenvalue weighted by Crippen LogP contribution is 2.21. The lowest BCUT2D eigenvalue weighted by molar-refractivity contribution is 0.367. The number of hydrogen-bond donors (Lipinski definition) is 0. The zero-order valence-electron chi connectivity index (χ0n) is 8.06. The fourth-order valence-electron chi connectivity index (χ4n) is 0.943. The number of rotatable bonds is 4. The molecule has 0 aliphatic rings. The molecule has 0 aromatic carbocycles. The Balaban J connectivity index is 3.28. The summed E-state index contributed by atoms with van der Waals surface area (Å²) in [5.41, 5.74) is 0.488. The topological polar surface area (TPSA) is 0 Å². The van der Waals surface area contributed by atoms with Crippen LogP contribution in [0.25, 0.3) is 0 Å². The normalized spacial score (nSPS) is 12.3. The van der Waals surface area contributed by atoms with Crippen molar-refractivity contribution in [2.24, 2.45) is 5.41 Å². The van der Waals surface area contributed by atoms with Crippen LogP contribution < -0.4 is 0 Å². The molecule has 0 aliphatic carbocycles. The maximum Gasteiger partial charge on any atom is -0.0347 e. The van der Waals surface area contributed by atoms with Crippen molar-refractivity contribution in [2.45, 2.75) is 40.0 Å². The number of allylic oxidation sites excluding steroid dienone is 3. The standard InChI is InChI=1S/C11H20/c1-5-6-7-8-9-10-11(2,3)4/h5-7H,1,8-10H2,2-4H3. The van der Waals surface area contributed by atoms with Gasteiger partial charge < -0.3 is 0 Å². The highest BCUT2D eigenvalue weighted by molar-refractivity contribution is 4.96. The molecule has 0 saturated heterocycles. The largest absolute Gasteiger partial charge is 0.0991 e. The molecule has 0 atom stereocenters. The second kappa shape index (κ2) is 5.17. The van der Waals surface area contributed by atoms with E-state index in [0.29, 0.717) is 5.41 Å². The van der Waals surface area contributed by atoms with Crippen LogP contribution >= 0.6 is 0 Å². The zero-order valence-corrected chi connectivity index (χ0v) is 8.06. The molecule has 11 heavy (non-hydrogen) atoms. The lowest BCUT2D eigenvalue weighted by Crippen LogP contribution is -2.03. The first-order valence-corrected chi connectivity index (χ1v) is 4.34. The van der Waals surface area contributed by atoms with Gasteiger partial charge in [0.1, 0.15) is 0 Å². The molecule has 0 unspecified atom stereocenters.